The second-order valence-electron chi connectivity index (χ2n) is 5.21. The maximum Gasteiger partial charge on any atom is 0.249 e. The zero-order chi connectivity index (χ0) is 10.3. The molecule has 3 heteroatoms. The molecule has 0 aliphatic carbocycles. The molecule has 0 aromatic rings. The smallest absolute Gasteiger partial charge is 0.249 e. The van der Waals surface area contributed by atoms with Gasteiger partial charge in [-0.25, -0.2) is 0 Å². The van der Waals surface area contributed by atoms with Crippen LogP contribution in [0.2, 0.25) is 0 Å². The zero-order valence-electron chi connectivity index (χ0n) is 9.18. The first kappa shape index (κ1) is 10.5. The Morgan fingerprint density at radius 1 is 1.38 bits per heavy atom. The maximum atomic E-state index is 11.7. The minimum atomic E-state index is -0.187. The summed E-state index contributed by atoms with van der Waals surface area (Å²) in [4.78, 5) is 13.6. The fourth-order valence-corrected chi connectivity index (χ4v) is 2.14. The van der Waals surface area contributed by atoms with Gasteiger partial charge in [0.25, 0.3) is 0 Å². The second kappa shape index (κ2) is 2.98. The molecule has 0 aromatic carbocycles. The predicted octanol–water partition coefficient (Wildman–Crippen LogP) is 1.42. The third-order valence-corrected chi connectivity index (χ3v) is 2.21. The van der Waals surface area contributed by atoms with E-state index in [0.29, 0.717) is 6.61 Å². The van der Waals surface area contributed by atoms with Crippen molar-refractivity contribution in [3.63, 3.8) is 0 Å². The topological polar surface area (TPSA) is 29.5 Å². The molecule has 0 saturated carbocycles. The summed E-state index contributed by atoms with van der Waals surface area (Å²) in [5.41, 5.74) is -0.308. The van der Waals surface area contributed by atoms with Crippen LogP contribution in [0.25, 0.3) is 0 Å². The average Bonchev–Trinajstić information content (AvgIpc) is 1.79. The molecule has 1 rings (SSSR count). The van der Waals surface area contributed by atoms with E-state index >= 15 is 0 Å². The molecule has 1 fully saturated rings. The Hall–Kier alpha value is -0.570. The van der Waals surface area contributed by atoms with Crippen LogP contribution in [0.5, 0.6) is 0 Å². The fraction of sp³-hybridized carbons (Fsp3) is 0.900. The van der Waals surface area contributed by atoms with Gasteiger partial charge in [-0.15, -0.1) is 0 Å². The molecule has 0 unspecified atom stereocenters. The maximum absolute atomic E-state index is 11.7. The summed E-state index contributed by atoms with van der Waals surface area (Å²) in [6, 6.07) is 0. The van der Waals surface area contributed by atoms with Crippen LogP contribution in [0.3, 0.4) is 0 Å². The van der Waals surface area contributed by atoms with Crippen molar-refractivity contribution in [1.29, 1.82) is 0 Å². The first-order chi connectivity index (χ1) is 5.75. The molecule has 3 nitrogen and oxygen atoms in total. The monoisotopic (exact) mass is 185 g/mol. The van der Waals surface area contributed by atoms with Crippen LogP contribution in [-0.2, 0) is 9.53 Å². The van der Waals surface area contributed by atoms with Crippen molar-refractivity contribution in [2.45, 2.75) is 45.7 Å². The van der Waals surface area contributed by atoms with Gasteiger partial charge in [-0.1, -0.05) is 0 Å². The quantitative estimate of drug-likeness (QED) is 0.571. The zero-order valence-corrected chi connectivity index (χ0v) is 9.18. The van der Waals surface area contributed by atoms with Gasteiger partial charge in [-0.3, -0.25) is 4.79 Å². The van der Waals surface area contributed by atoms with E-state index in [1.165, 1.54) is 0 Å². The number of morpholine rings is 1. The van der Waals surface area contributed by atoms with E-state index in [0.717, 1.165) is 0 Å². The Kier molecular flexibility index (Phi) is 2.41. The number of hydrogen-bond donors (Lipinski definition) is 0. The highest BCUT2D eigenvalue weighted by molar-refractivity contribution is 5.79. The van der Waals surface area contributed by atoms with E-state index in [-0.39, 0.29) is 23.6 Å². The predicted molar refractivity (Wildman–Crippen MR) is 51.5 cm³/mol. The number of carbonyl (C=O) groups is 1. The first-order valence-corrected chi connectivity index (χ1v) is 4.66. The van der Waals surface area contributed by atoms with E-state index in [1.807, 2.05) is 18.7 Å². The molecule has 0 atom stereocenters. The summed E-state index contributed by atoms with van der Waals surface area (Å²) in [5, 5.41) is 0. The third kappa shape index (κ3) is 2.02. The number of amides is 1. The average molecular weight is 185 g/mol. The van der Waals surface area contributed by atoms with Crippen LogP contribution < -0.4 is 0 Å². The molecular weight excluding hydrogens is 166 g/mol. The van der Waals surface area contributed by atoms with Crippen molar-refractivity contribution in [2.24, 2.45) is 0 Å². The van der Waals surface area contributed by atoms with Gasteiger partial charge >= 0.3 is 0 Å². The Bertz CT molecular complexity index is 215. The van der Waals surface area contributed by atoms with Gasteiger partial charge in [0.15, 0.2) is 0 Å². The highest BCUT2D eigenvalue weighted by Crippen LogP contribution is 2.28. The fourth-order valence-electron chi connectivity index (χ4n) is 2.14. The Balaban J connectivity index is 2.94. The van der Waals surface area contributed by atoms with E-state index in [9.17, 15) is 4.79 Å². The lowest BCUT2D eigenvalue weighted by atomic mass is 9.94. The van der Waals surface area contributed by atoms with E-state index in [4.69, 9.17) is 4.74 Å². The molecule has 1 aliphatic heterocycles. The minimum absolute atomic E-state index is 0.0868. The normalized spacial score (nSPS) is 23.5. The molecule has 0 aromatic heterocycles. The second-order valence-corrected chi connectivity index (χ2v) is 5.21. The SMILES string of the molecule is CC(C)(C)N1C(=O)COCC1(C)C. The van der Waals surface area contributed by atoms with Gasteiger partial charge in [-0.05, 0) is 34.6 Å². The summed E-state index contributed by atoms with van der Waals surface area (Å²) in [6.45, 7) is 11.1. The molecule has 1 amide bonds. The highest BCUT2D eigenvalue weighted by Gasteiger charge is 2.41. The molecule has 13 heavy (non-hydrogen) atoms. The molecule has 0 bridgehead atoms. The van der Waals surface area contributed by atoms with Crippen LogP contribution in [-0.4, -0.2) is 35.1 Å². The van der Waals surface area contributed by atoms with Crippen molar-refractivity contribution < 1.29 is 9.53 Å². The van der Waals surface area contributed by atoms with Crippen molar-refractivity contribution in [2.75, 3.05) is 13.2 Å². The van der Waals surface area contributed by atoms with Gasteiger partial charge in [0.05, 0.1) is 12.1 Å². The summed E-state index contributed by atoms with van der Waals surface area (Å²) >= 11 is 0. The Morgan fingerprint density at radius 3 is 2.23 bits per heavy atom. The van der Waals surface area contributed by atoms with E-state index < -0.39 is 0 Å². The molecular formula is C10H19NO2. The Morgan fingerprint density at radius 2 is 1.92 bits per heavy atom. The Labute approximate surface area is 80.1 Å². The van der Waals surface area contributed by atoms with Gasteiger partial charge < -0.3 is 9.64 Å². The molecule has 1 heterocycles. The number of hydrogen-bond acceptors (Lipinski definition) is 2. The lowest BCUT2D eigenvalue weighted by Gasteiger charge is -2.49. The number of nitrogens with zero attached hydrogens (tertiary/aromatic N) is 1. The van der Waals surface area contributed by atoms with Crippen molar-refractivity contribution >= 4 is 5.91 Å². The molecule has 76 valence electrons. The largest absolute Gasteiger partial charge is 0.369 e. The van der Waals surface area contributed by atoms with Gasteiger partial charge in [0.2, 0.25) is 5.91 Å². The van der Waals surface area contributed by atoms with Crippen LogP contribution in [0, 0.1) is 0 Å². The van der Waals surface area contributed by atoms with Crippen LogP contribution in [0.15, 0.2) is 0 Å². The van der Waals surface area contributed by atoms with E-state index in [2.05, 4.69) is 20.8 Å². The summed E-state index contributed by atoms with van der Waals surface area (Å²) < 4.78 is 5.23. The number of ether oxygens (including phenoxy) is 1. The number of rotatable bonds is 0. The molecule has 0 N–H and O–H groups in total. The number of carbonyl (C=O) groups excluding carboxylic acids is 1. The van der Waals surface area contributed by atoms with Crippen LogP contribution in [0.1, 0.15) is 34.6 Å². The molecule has 1 saturated heterocycles. The highest BCUT2D eigenvalue weighted by atomic mass is 16.5. The molecule has 0 spiro atoms. The molecule has 0 radical (unpaired) electrons. The standard InChI is InChI=1S/C10H19NO2/c1-9(2,3)11-8(12)6-13-7-10(11,4)5/h6-7H2,1-5H3. The molecule has 1 aliphatic rings. The lowest BCUT2D eigenvalue weighted by Crippen LogP contribution is -2.63. The van der Waals surface area contributed by atoms with Crippen molar-refractivity contribution in [3.05, 3.63) is 0 Å². The van der Waals surface area contributed by atoms with Gasteiger partial charge in [0, 0.05) is 5.54 Å². The van der Waals surface area contributed by atoms with E-state index in [1.54, 1.807) is 0 Å². The third-order valence-electron chi connectivity index (χ3n) is 2.21. The first-order valence-electron chi connectivity index (χ1n) is 4.66. The lowest BCUT2D eigenvalue weighted by molar-refractivity contribution is -0.164. The van der Waals surface area contributed by atoms with Crippen molar-refractivity contribution in [3.8, 4) is 0 Å². The van der Waals surface area contributed by atoms with Crippen molar-refractivity contribution in [1.82, 2.24) is 4.90 Å². The van der Waals surface area contributed by atoms with Gasteiger partial charge in [-0.2, -0.15) is 0 Å². The summed E-state index contributed by atoms with van der Waals surface area (Å²) in [6.07, 6.45) is 0. The van der Waals surface area contributed by atoms with Gasteiger partial charge in [0.1, 0.15) is 6.61 Å². The minimum Gasteiger partial charge on any atom is -0.369 e. The summed E-state index contributed by atoms with van der Waals surface area (Å²) in [5.74, 6) is 0.0868. The van der Waals surface area contributed by atoms with Crippen LogP contribution >= 0.6 is 0 Å². The van der Waals surface area contributed by atoms with Crippen LogP contribution in [0.4, 0.5) is 0 Å². The summed E-state index contributed by atoms with van der Waals surface area (Å²) in [7, 11) is 0.